The van der Waals surface area contributed by atoms with E-state index < -0.39 is 11.7 Å². The first-order valence-corrected chi connectivity index (χ1v) is 6.41. The summed E-state index contributed by atoms with van der Waals surface area (Å²) in [6.45, 7) is 2.11. The van der Waals surface area contributed by atoms with Crippen molar-refractivity contribution in [1.29, 1.82) is 0 Å². The lowest BCUT2D eigenvalue weighted by Crippen LogP contribution is -2.15. The Morgan fingerprint density at radius 3 is 2.70 bits per heavy atom. The van der Waals surface area contributed by atoms with Crippen molar-refractivity contribution in [3.8, 4) is 0 Å². The molecule has 0 bridgehead atoms. The number of pyridine rings is 1. The first-order chi connectivity index (χ1) is 9.60. The van der Waals surface area contributed by atoms with Gasteiger partial charge in [-0.05, 0) is 30.2 Å². The number of rotatable bonds is 4. The van der Waals surface area contributed by atoms with Crippen molar-refractivity contribution in [1.82, 2.24) is 4.98 Å². The highest BCUT2D eigenvalue weighted by Gasteiger charge is 2.12. The molecule has 1 aromatic heterocycles. The van der Waals surface area contributed by atoms with Gasteiger partial charge >= 0.3 is 0 Å². The summed E-state index contributed by atoms with van der Waals surface area (Å²) in [7, 11) is 0. The van der Waals surface area contributed by atoms with Crippen molar-refractivity contribution in [3.05, 3.63) is 53.5 Å². The van der Waals surface area contributed by atoms with Crippen molar-refractivity contribution in [2.45, 2.75) is 19.8 Å². The van der Waals surface area contributed by atoms with Crippen LogP contribution in [0.25, 0.3) is 0 Å². The Morgan fingerprint density at radius 2 is 2.05 bits per heavy atom. The molecule has 4 nitrogen and oxygen atoms in total. The van der Waals surface area contributed by atoms with Gasteiger partial charge in [0.1, 0.15) is 11.6 Å². The predicted octanol–water partition coefficient (Wildman–Crippen LogP) is 3.01. The van der Waals surface area contributed by atoms with E-state index in [0.717, 1.165) is 25.1 Å². The third-order valence-electron chi connectivity index (χ3n) is 2.88. The topological polar surface area (TPSA) is 68.0 Å². The van der Waals surface area contributed by atoms with Crippen LogP contribution in [0, 0.1) is 5.82 Å². The second kappa shape index (κ2) is 6.14. The average molecular weight is 273 g/mol. The van der Waals surface area contributed by atoms with Gasteiger partial charge in [0, 0.05) is 5.69 Å². The summed E-state index contributed by atoms with van der Waals surface area (Å²) in [5, 5.41) is 2.67. The van der Waals surface area contributed by atoms with Crippen LogP contribution in [0.5, 0.6) is 0 Å². The molecule has 20 heavy (non-hydrogen) atoms. The number of aromatic nitrogens is 1. The number of hydrogen-bond donors (Lipinski definition) is 2. The van der Waals surface area contributed by atoms with Gasteiger partial charge in [-0.25, -0.2) is 9.37 Å². The molecule has 2 aromatic rings. The molecule has 0 atom stereocenters. The molecule has 1 aromatic carbocycles. The molecule has 0 fully saturated rings. The minimum Gasteiger partial charge on any atom is -0.383 e. The standard InChI is InChI=1S/C15H16FN3O/c1-2-3-10-4-6-12(7-5-10)19-15(20)13-8-11(16)9-18-14(13)17/h4-9H,2-3H2,1H3,(H2,17,18)(H,19,20). The van der Waals surface area contributed by atoms with E-state index in [2.05, 4.69) is 17.2 Å². The van der Waals surface area contributed by atoms with Gasteiger partial charge in [0.05, 0.1) is 11.8 Å². The number of amides is 1. The molecule has 3 N–H and O–H groups in total. The zero-order chi connectivity index (χ0) is 14.5. The number of nitrogens with two attached hydrogens (primary N) is 1. The summed E-state index contributed by atoms with van der Waals surface area (Å²) < 4.78 is 13.1. The normalized spacial score (nSPS) is 10.3. The lowest BCUT2D eigenvalue weighted by Gasteiger charge is -2.08. The second-order valence-corrected chi connectivity index (χ2v) is 4.49. The van der Waals surface area contributed by atoms with Gasteiger partial charge in [0.25, 0.3) is 5.91 Å². The summed E-state index contributed by atoms with van der Waals surface area (Å²) >= 11 is 0. The smallest absolute Gasteiger partial charge is 0.259 e. The van der Waals surface area contributed by atoms with Gasteiger partial charge in [-0.2, -0.15) is 0 Å². The van der Waals surface area contributed by atoms with Crippen LogP contribution in [0.4, 0.5) is 15.9 Å². The molecular formula is C15H16FN3O. The minimum absolute atomic E-state index is 0.00602. The first kappa shape index (κ1) is 14.0. The molecule has 5 heteroatoms. The molecule has 0 aliphatic rings. The van der Waals surface area contributed by atoms with E-state index in [1.165, 1.54) is 5.56 Å². The Balaban J connectivity index is 2.13. The number of aryl methyl sites for hydroxylation is 1. The molecule has 2 rings (SSSR count). The molecule has 0 saturated carbocycles. The average Bonchev–Trinajstić information content (AvgIpc) is 2.44. The minimum atomic E-state index is -0.595. The number of nitrogen functional groups attached to an aromatic ring is 1. The summed E-state index contributed by atoms with van der Waals surface area (Å²) in [5.41, 5.74) is 7.44. The fourth-order valence-electron chi connectivity index (χ4n) is 1.87. The SMILES string of the molecule is CCCc1ccc(NC(=O)c2cc(F)cnc2N)cc1. The molecule has 0 unspecified atom stereocenters. The van der Waals surface area contributed by atoms with E-state index in [-0.39, 0.29) is 11.4 Å². The summed E-state index contributed by atoms with van der Waals surface area (Å²) in [5.74, 6) is -1.06. The van der Waals surface area contributed by atoms with Crippen molar-refractivity contribution in [3.63, 3.8) is 0 Å². The Labute approximate surface area is 116 Å². The quantitative estimate of drug-likeness (QED) is 0.899. The van der Waals surface area contributed by atoms with Crippen LogP contribution in [-0.2, 0) is 6.42 Å². The number of anilines is 2. The van der Waals surface area contributed by atoms with Crippen LogP contribution in [0.1, 0.15) is 29.3 Å². The van der Waals surface area contributed by atoms with Crippen LogP contribution in [0.15, 0.2) is 36.5 Å². The van der Waals surface area contributed by atoms with Crippen molar-refractivity contribution >= 4 is 17.4 Å². The van der Waals surface area contributed by atoms with Crippen molar-refractivity contribution in [2.75, 3.05) is 11.1 Å². The highest BCUT2D eigenvalue weighted by atomic mass is 19.1. The van der Waals surface area contributed by atoms with E-state index in [9.17, 15) is 9.18 Å². The van der Waals surface area contributed by atoms with E-state index in [0.29, 0.717) is 5.69 Å². The molecule has 104 valence electrons. The van der Waals surface area contributed by atoms with Crippen molar-refractivity contribution < 1.29 is 9.18 Å². The Morgan fingerprint density at radius 1 is 1.35 bits per heavy atom. The van der Waals surface area contributed by atoms with Crippen molar-refractivity contribution in [2.24, 2.45) is 0 Å². The highest BCUT2D eigenvalue weighted by Crippen LogP contribution is 2.15. The molecule has 0 spiro atoms. The van der Waals surface area contributed by atoms with Gasteiger partial charge in [-0.15, -0.1) is 0 Å². The Kier molecular flexibility index (Phi) is 4.30. The van der Waals surface area contributed by atoms with E-state index in [1.54, 1.807) is 0 Å². The van der Waals surface area contributed by atoms with E-state index in [1.807, 2.05) is 24.3 Å². The molecule has 0 aliphatic heterocycles. The summed E-state index contributed by atoms with van der Waals surface area (Å²) in [6.07, 6.45) is 3.04. The lowest BCUT2D eigenvalue weighted by molar-refractivity contribution is 0.102. The molecule has 0 radical (unpaired) electrons. The maximum absolute atomic E-state index is 13.1. The van der Waals surface area contributed by atoms with Crippen LogP contribution < -0.4 is 11.1 Å². The second-order valence-electron chi connectivity index (χ2n) is 4.49. The number of benzene rings is 1. The lowest BCUT2D eigenvalue weighted by atomic mass is 10.1. The zero-order valence-corrected chi connectivity index (χ0v) is 11.2. The molecular weight excluding hydrogens is 257 g/mol. The fourth-order valence-corrected chi connectivity index (χ4v) is 1.87. The summed E-state index contributed by atoms with van der Waals surface area (Å²) in [6, 6.07) is 8.60. The van der Waals surface area contributed by atoms with Crippen LogP contribution in [-0.4, -0.2) is 10.9 Å². The Bertz CT molecular complexity index is 611. The van der Waals surface area contributed by atoms with Gasteiger partial charge in [-0.3, -0.25) is 4.79 Å². The van der Waals surface area contributed by atoms with Gasteiger partial charge in [-0.1, -0.05) is 25.5 Å². The highest BCUT2D eigenvalue weighted by molar-refractivity contribution is 6.07. The molecule has 0 saturated heterocycles. The number of nitrogens with zero attached hydrogens (tertiary/aromatic N) is 1. The third-order valence-corrected chi connectivity index (χ3v) is 2.88. The zero-order valence-electron chi connectivity index (χ0n) is 11.2. The molecule has 1 heterocycles. The third kappa shape index (κ3) is 3.32. The number of carbonyl (C=O) groups excluding carboxylic acids is 1. The predicted molar refractivity (Wildman–Crippen MR) is 77.0 cm³/mol. The summed E-state index contributed by atoms with van der Waals surface area (Å²) in [4.78, 5) is 15.6. The monoisotopic (exact) mass is 273 g/mol. The van der Waals surface area contributed by atoms with Gasteiger partial charge in [0.15, 0.2) is 0 Å². The molecule has 1 amide bonds. The Hall–Kier alpha value is -2.43. The van der Waals surface area contributed by atoms with Gasteiger partial charge in [0.2, 0.25) is 0 Å². The molecule has 0 aliphatic carbocycles. The number of halogens is 1. The first-order valence-electron chi connectivity index (χ1n) is 6.41. The van der Waals surface area contributed by atoms with Gasteiger partial charge < -0.3 is 11.1 Å². The van der Waals surface area contributed by atoms with Crippen LogP contribution in [0.2, 0.25) is 0 Å². The number of nitrogens with one attached hydrogen (secondary N) is 1. The maximum atomic E-state index is 13.1. The fraction of sp³-hybridized carbons (Fsp3) is 0.200. The van der Waals surface area contributed by atoms with E-state index >= 15 is 0 Å². The van der Waals surface area contributed by atoms with Crippen LogP contribution in [0.3, 0.4) is 0 Å². The number of hydrogen-bond acceptors (Lipinski definition) is 3. The maximum Gasteiger partial charge on any atom is 0.259 e. The van der Waals surface area contributed by atoms with E-state index in [4.69, 9.17) is 5.73 Å². The van der Waals surface area contributed by atoms with Crippen LogP contribution >= 0.6 is 0 Å². The largest absolute Gasteiger partial charge is 0.383 e. The number of carbonyl (C=O) groups is 1.